The molecule has 0 amide bonds. The number of aromatic nitrogens is 2. The van der Waals surface area contributed by atoms with Gasteiger partial charge in [0.05, 0.1) is 18.1 Å². The van der Waals surface area contributed by atoms with Gasteiger partial charge in [-0.1, -0.05) is 65.5 Å². The van der Waals surface area contributed by atoms with E-state index in [0.717, 1.165) is 69.2 Å². The van der Waals surface area contributed by atoms with Gasteiger partial charge in [-0.3, -0.25) is 14.8 Å². The summed E-state index contributed by atoms with van der Waals surface area (Å²) in [7, 11) is 1.48. The molecule has 2 aromatic rings. The van der Waals surface area contributed by atoms with Gasteiger partial charge in [0, 0.05) is 36.6 Å². The highest BCUT2D eigenvalue weighted by Gasteiger charge is 2.40. The van der Waals surface area contributed by atoms with Crippen molar-refractivity contribution in [2.75, 3.05) is 7.11 Å². The number of carbonyl (C=O) groups is 1. The van der Waals surface area contributed by atoms with E-state index in [1.807, 2.05) is 36.4 Å². The number of methoxy groups -OCH3 is 1. The van der Waals surface area contributed by atoms with Crippen LogP contribution in [0.25, 0.3) is 0 Å². The lowest BCUT2D eigenvalue weighted by Crippen LogP contribution is -2.36. The van der Waals surface area contributed by atoms with E-state index < -0.39 is 0 Å². The lowest BCUT2D eigenvalue weighted by Gasteiger charge is -2.34. The summed E-state index contributed by atoms with van der Waals surface area (Å²) in [6, 6.07) is 11.7. The SMILES string of the molecule is C.C.COC(=O)C1(Cc2ccccn2)CCCCC1.O=C=NC1(Cc2ccccn2)CCCCC1. The molecule has 2 heterocycles. The Kier molecular flexibility index (Phi) is 13.1. The van der Waals surface area contributed by atoms with Gasteiger partial charge >= 0.3 is 5.97 Å². The van der Waals surface area contributed by atoms with E-state index in [-0.39, 0.29) is 31.8 Å². The second-order valence-electron chi connectivity index (χ2n) is 9.32. The van der Waals surface area contributed by atoms with Gasteiger partial charge in [0.1, 0.15) is 0 Å². The minimum atomic E-state index is -0.332. The third-order valence-electron chi connectivity index (χ3n) is 6.98. The van der Waals surface area contributed by atoms with Crippen molar-refractivity contribution in [1.29, 1.82) is 0 Å². The fraction of sp³-hybridized carbons (Fsp3) is 0.586. The van der Waals surface area contributed by atoms with E-state index in [4.69, 9.17) is 4.74 Å². The van der Waals surface area contributed by atoms with Crippen molar-refractivity contribution < 1.29 is 14.3 Å². The normalized spacial score (nSPS) is 17.6. The zero-order valence-corrected chi connectivity index (χ0v) is 19.7. The van der Waals surface area contributed by atoms with Gasteiger partial charge in [-0.15, -0.1) is 0 Å². The zero-order valence-electron chi connectivity index (χ0n) is 19.7. The fourth-order valence-electron chi connectivity index (χ4n) is 5.22. The summed E-state index contributed by atoms with van der Waals surface area (Å²) in [6.07, 6.45) is 17.6. The van der Waals surface area contributed by atoms with Crippen LogP contribution < -0.4 is 0 Å². The first-order valence-electron chi connectivity index (χ1n) is 12.1. The van der Waals surface area contributed by atoms with E-state index >= 15 is 0 Å². The third-order valence-corrected chi connectivity index (χ3v) is 6.98. The van der Waals surface area contributed by atoms with Crippen molar-refractivity contribution in [3.63, 3.8) is 0 Å². The van der Waals surface area contributed by atoms with Crippen LogP contribution in [0.15, 0.2) is 53.8 Å². The number of aliphatic imine (C=N–C) groups is 1. The Bertz CT molecular complexity index is 899. The molecule has 2 aromatic heterocycles. The lowest BCUT2D eigenvalue weighted by atomic mass is 9.71. The number of pyridine rings is 2. The molecule has 0 unspecified atom stereocenters. The van der Waals surface area contributed by atoms with E-state index in [9.17, 15) is 9.59 Å². The summed E-state index contributed by atoms with van der Waals surface area (Å²) in [5, 5.41) is 0. The number of hydrogen-bond acceptors (Lipinski definition) is 6. The first-order chi connectivity index (χ1) is 16.1. The van der Waals surface area contributed by atoms with Crippen molar-refractivity contribution >= 4 is 12.0 Å². The predicted molar refractivity (Wildman–Crippen MR) is 141 cm³/mol. The number of hydrogen-bond donors (Lipinski definition) is 0. The molecule has 2 aliphatic carbocycles. The summed E-state index contributed by atoms with van der Waals surface area (Å²) in [6.45, 7) is 0. The van der Waals surface area contributed by atoms with Gasteiger partial charge < -0.3 is 4.74 Å². The molecule has 0 aromatic carbocycles. The van der Waals surface area contributed by atoms with Crippen LogP contribution in [0.1, 0.15) is 90.4 Å². The molecule has 6 nitrogen and oxygen atoms in total. The Morgan fingerprint density at radius 2 is 1.37 bits per heavy atom. The molecule has 0 atom stereocenters. The number of isocyanates is 1. The Morgan fingerprint density at radius 3 is 1.83 bits per heavy atom. The van der Waals surface area contributed by atoms with Crippen molar-refractivity contribution in [3.8, 4) is 0 Å². The van der Waals surface area contributed by atoms with Crippen LogP contribution in [0.5, 0.6) is 0 Å². The van der Waals surface area contributed by atoms with Crippen molar-refractivity contribution in [2.24, 2.45) is 10.4 Å². The van der Waals surface area contributed by atoms with Crippen LogP contribution in [0.2, 0.25) is 0 Å². The Balaban J connectivity index is 0.000000332. The quantitative estimate of drug-likeness (QED) is 0.261. The summed E-state index contributed by atoms with van der Waals surface area (Å²) >= 11 is 0. The zero-order chi connectivity index (χ0) is 23.4. The van der Waals surface area contributed by atoms with Gasteiger partial charge in [0.15, 0.2) is 0 Å². The standard InChI is InChI=1S/C14H19NO2.C13H16N2O.2CH4/c1-17-13(16)14(8-4-2-5-9-14)11-12-7-3-6-10-15-12;16-11-15-13(7-3-1-4-8-13)10-12-6-2-5-9-14-12;;/h3,6-7,10H,2,4-5,8-9,11H2,1H3;2,5-6,9H,1,3-4,7-8,10H2;2*1H4. The first-order valence-corrected chi connectivity index (χ1v) is 12.1. The van der Waals surface area contributed by atoms with Crippen molar-refractivity contribution in [1.82, 2.24) is 9.97 Å². The van der Waals surface area contributed by atoms with Crippen molar-refractivity contribution in [3.05, 3.63) is 60.2 Å². The number of esters is 1. The maximum Gasteiger partial charge on any atom is 0.312 e. The second kappa shape index (κ2) is 15.2. The van der Waals surface area contributed by atoms with E-state index in [1.165, 1.54) is 20.0 Å². The predicted octanol–water partition coefficient (Wildman–Crippen LogP) is 6.68. The van der Waals surface area contributed by atoms with Gasteiger partial charge in [-0.25, -0.2) is 4.79 Å². The van der Waals surface area contributed by atoms with Gasteiger partial charge in [-0.05, 0) is 49.9 Å². The molecule has 2 fully saturated rings. The van der Waals surface area contributed by atoms with E-state index in [1.54, 1.807) is 18.5 Å². The second-order valence-corrected chi connectivity index (χ2v) is 9.32. The minimum absolute atomic E-state index is 0. The Labute approximate surface area is 211 Å². The molecule has 4 rings (SSSR count). The average molecular weight is 482 g/mol. The molecule has 2 aliphatic rings. The molecule has 0 radical (unpaired) electrons. The van der Waals surface area contributed by atoms with Crippen LogP contribution in [0, 0.1) is 5.41 Å². The molecule has 192 valence electrons. The van der Waals surface area contributed by atoms with E-state index in [2.05, 4.69) is 15.0 Å². The fourth-order valence-corrected chi connectivity index (χ4v) is 5.22. The van der Waals surface area contributed by atoms with Crippen LogP contribution in [0.4, 0.5) is 0 Å². The largest absolute Gasteiger partial charge is 0.469 e. The number of ether oxygens (including phenoxy) is 1. The molecule has 0 saturated heterocycles. The maximum atomic E-state index is 12.0. The Morgan fingerprint density at radius 1 is 0.857 bits per heavy atom. The van der Waals surface area contributed by atoms with E-state index in [0.29, 0.717) is 6.42 Å². The molecular formula is C29H43N3O3. The van der Waals surface area contributed by atoms with Crippen LogP contribution in [0.3, 0.4) is 0 Å². The first kappa shape index (κ1) is 30.2. The number of nitrogens with zero attached hydrogens (tertiary/aromatic N) is 3. The van der Waals surface area contributed by atoms with Crippen LogP contribution >= 0.6 is 0 Å². The molecule has 0 N–H and O–H groups in total. The van der Waals surface area contributed by atoms with Gasteiger partial charge in [0.2, 0.25) is 6.08 Å². The molecule has 35 heavy (non-hydrogen) atoms. The lowest BCUT2D eigenvalue weighted by molar-refractivity contribution is -0.155. The number of carbonyl (C=O) groups excluding carboxylic acids is 2. The molecule has 0 bridgehead atoms. The highest BCUT2D eigenvalue weighted by atomic mass is 16.5. The monoisotopic (exact) mass is 481 g/mol. The summed E-state index contributed by atoms with van der Waals surface area (Å²) in [5.41, 5.74) is 1.44. The van der Waals surface area contributed by atoms with Crippen LogP contribution in [-0.2, 0) is 27.2 Å². The van der Waals surface area contributed by atoms with Gasteiger partial charge in [0.25, 0.3) is 0 Å². The molecule has 6 heteroatoms. The third kappa shape index (κ3) is 8.70. The topological polar surface area (TPSA) is 81.5 Å². The molecule has 0 aliphatic heterocycles. The highest BCUT2D eigenvalue weighted by molar-refractivity contribution is 5.77. The summed E-state index contributed by atoms with van der Waals surface area (Å²) < 4.78 is 5.00. The molecular weight excluding hydrogens is 438 g/mol. The summed E-state index contributed by atoms with van der Waals surface area (Å²) in [5.74, 6) is -0.0668. The molecule has 2 saturated carbocycles. The highest BCUT2D eigenvalue weighted by Crippen LogP contribution is 2.40. The smallest absolute Gasteiger partial charge is 0.312 e. The maximum absolute atomic E-state index is 12.0. The Hall–Kier alpha value is -2.85. The van der Waals surface area contributed by atoms with Gasteiger partial charge in [-0.2, -0.15) is 4.99 Å². The number of rotatable bonds is 6. The average Bonchev–Trinajstić information content (AvgIpc) is 2.86. The minimum Gasteiger partial charge on any atom is -0.469 e. The van der Waals surface area contributed by atoms with Crippen molar-refractivity contribution in [2.45, 2.75) is 97.4 Å². The van der Waals surface area contributed by atoms with Crippen LogP contribution in [-0.4, -0.2) is 34.7 Å². The molecule has 0 spiro atoms. The summed E-state index contributed by atoms with van der Waals surface area (Å²) in [4.78, 5) is 35.3.